The maximum Gasteiger partial charge on any atom is 0.313 e. The molecule has 0 unspecified atom stereocenters. The molecule has 0 saturated carbocycles. The summed E-state index contributed by atoms with van der Waals surface area (Å²) in [5, 5.41) is 2.63. The van der Waals surface area contributed by atoms with E-state index in [1.54, 1.807) is 29.2 Å². The third-order valence-corrected chi connectivity index (χ3v) is 4.63. The van der Waals surface area contributed by atoms with E-state index in [0.717, 1.165) is 19.3 Å². The number of anilines is 2. The van der Waals surface area contributed by atoms with Gasteiger partial charge in [-0.25, -0.2) is 0 Å². The third-order valence-electron chi connectivity index (χ3n) is 4.63. The van der Waals surface area contributed by atoms with Crippen molar-refractivity contribution in [3.8, 4) is 0 Å². The lowest BCUT2D eigenvalue weighted by atomic mass is 9.90. The number of amides is 2. The number of hydrogen-bond acceptors (Lipinski definition) is 3. The number of nitrogen functional groups attached to an aromatic ring is 1. The number of hydrogen-bond donors (Lipinski definition) is 2. The van der Waals surface area contributed by atoms with Crippen LogP contribution in [0.15, 0.2) is 54.6 Å². The van der Waals surface area contributed by atoms with Gasteiger partial charge < -0.3 is 16.0 Å². The number of nitrogens with zero attached hydrogens (tertiary/aromatic N) is 1. The second-order valence-electron chi connectivity index (χ2n) is 6.50. The smallest absolute Gasteiger partial charge is 0.313 e. The summed E-state index contributed by atoms with van der Waals surface area (Å²) in [6, 6.07) is 17.1. The first kappa shape index (κ1) is 17.0. The van der Waals surface area contributed by atoms with Crippen LogP contribution in [0.2, 0.25) is 0 Å². The van der Waals surface area contributed by atoms with Gasteiger partial charge in [0, 0.05) is 24.5 Å². The zero-order valence-corrected chi connectivity index (χ0v) is 14.2. The van der Waals surface area contributed by atoms with Crippen molar-refractivity contribution in [3.05, 3.63) is 60.2 Å². The number of carbonyl (C=O) groups is 2. The van der Waals surface area contributed by atoms with Crippen LogP contribution in [0.25, 0.3) is 0 Å². The van der Waals surface area contributed by atoms with Crippen LogP contribution in [0.3, 0.4) is 0 Å². The zero-order chi connectivity index (χ0) is 17.6. The van der Waals surface area contributed by atoms with Crippen LogP contribution < -0.4 is 11.1 Å². The topological polar surface area (TPSA) is 75.4 Å². The van der Waals surface area contributed by atoms with E-state index in [4.69, 9.17) is 5.73 Å². The van der Waals surface area contributed by atoms with Crippen LogP contribution in [0.5, 0.6) is 0 Å². The van der Waals surface area contributed by atoms with Gasteiger partial charge in [0.05, 0.1) is 0 Å². The number of nitrogens with one attached hydrogen (secondary N) is 1. The molecular formula is C20H23N3O2. The fourth-order valence-electron chi connectivity index (χ4n) is 3.18. The highest BCUT2D eigenvalue weighted by Gasteiger charge is 2.27. The monoisotopic (exact) mass is 337 g/mol. The van der Waals surface area contributed by atoms with Crippen LogP contribution in [0.1, 0.15) is 18.4 Å². The predicted molar refractivity (Wildman–Crippen MR) is 98.9 cm³/mol. The first-order valence-electron chi connectivity index (χ1n) is 8.61. The Hall–Kier alpha value is -2.82. The van der Waals surface area contributed by atoms with E-state index >= 15 is 0 Å². The van der Waals surface area contributed by atoms with Gasteiger partial charge in [0.25, 0.3) is 0 Å². The molecule has 5 nitrogen and oxygen atoms in total. The van der Waals surface area contributed by atoms with Gasteiger partial charge in [-0.1, -0.05) is 30.3 Å². The van der Waals surface area contributed by atoms with E-state index in [-0.39, 0.29) is 0 Å². The molecule has 2 aromatic rings. The summed E-state index contributed by atoms with van der Waals surface area (Å²) < 4.78 is 0. The lowest BCUT2D eigenvalue weighted by molar-refractivity contribution is -0.144. The van der Waals surface area contributed by atoms with Crippen LogP contribution in [0.4, 0.5) is 11.4 Å². The van der Waals surface area contributed by atoms with Crippen LogP contribution >= 0.6 is 0 Å². The molecule has 0 radical (unpaired) electrons. The first-order valence-corrected chi connectivity index (χ1v) is 8.61. The highest BCUT2D eigenvalue weighted by Crippen LogP contribution is 2.22. The fraction of sp³-hybridized carbons (Fsp3) is 0.300. The van der Waals surface area contributed by atoms with Crippen molar-refractivity contribution >= 4 is 23.2 Å². The Balaban J connectivity index is 1.49. The molecule has 1 fully saturated rings. The minimum absolute atomic E-state index is 0.463. The predicted octanol–water partition coefficient (Wildman–Crippen LogP) is 2.69. The highest BCUT2D eigenvalue weighted by molar-refractivity contribution is 6.39. The summed E-state index contributed by atoms with van der Waals surface area (Å²) in [5.41, 5.74) is 8.13. The molecular weight excluding hydrogens is 314 g/mol. The summed E-state index contributed by atoms with van der Waals surface area (Å²) in [4.78, 5) is 26.1. The van der Waals surface area contributed by atoms with E-state index < -0.39 is 11.8 Å². The Morgan fingerprint density at radius 2 is 1.64 bits per heavy atom. The van der Waals surface area contributed by atoms with Gasteiger partial charge in [0.1, 0.15) is 0 Å². The quantitative estimate of drug-likeness (QED) is 0.668. The Morgan fingerprint density at radius 3 is 2.28 bits per heavy atom. The SMILES string of the molecule is Nc1ccc(NC(=O)C(=O)N2CCC(Cc3ccccc3)CC2)cc1. The van der Waals surface area contributed by atoms with E-state index in [1.165, 1.54) is 5.56 Å². The average Bonchev–Trinajstić information content (AvgIpc) is 2.64. The normalized spacial score (nSPS) is 15.0. The van der Waals surface area contributed by atoms with Crippen molar-refractivity contribution in [2.45, 2.75) is 19.3 Å². The summed E-state index contributed by atoms with van der Waals surface area (Å²) >= 11 is 0. The number of benzene rings is 2. The molecule has 3 N–H and O–H groups in total. The van der Waals surface area contributed by atoms with E-state index in [0.29, 0.717) is 30.4 Å². The summed E-state index contributed by atoms with van der Waals surface area (Å²) in [5.74, 6) is -0.493. The maximum atomic E-state index is 12.3. The molecule has 1 aliphatic rings. The number of piperidine rings is 1. The molecule has 0 bridgehead atoms. The van der Waals surface area contributed by atoms with E-state index in [1.807, 2.05) is 6.07 Å². The molecule has 5 heteroatoms. The molecule has 2 aromatic carbocycles. The molecule has 3 rings (SSSR count). The van der Waals surface area contributed by atoms with Gasteiger partial charge in [-0.15, -0.1) is 0 Å². The Bertz CT molecular complexity index is 720. The van der Waals surface area contributed by atoms with Crippen molar-refractivity contribution in [2.75, 3.05) is 24.1 Å². The molecule has 0 aliphatic carbocycles. The van der Waals surface area contributed by atoms with Crippen molar-refractivity contribution in [2.24, 2.45) is 5.92 Å². The molecule has 0 spiro atoms. The molecule has 25 heavy (non-hydrogen) atoms. The van der Waals surface area contributed by atoms with Gasteiger partial charge in [-0.3, -0.25) is 9.59 Å². The molecule has 2 amide bonds. The standard InChI is InChI=1S/C20H23N3O2/c21-17-6-8-18(9-7-17)22-19(24)20(25)23-12-10-16(11-13-23)14-15-4-2-1-3-5-15/h1-9,16H,10-14,21H2,(H,22,24). The largest absolute Gasteiger partial charge is 0.399 e. The fourth-order valence-corrected chi connectivity index (χ4v) is 3.18. The summed E-state index contributed by atoms with van der Waals surface area (Å²) in [6.07, 6.45) is 2.88. The summed E-state index contributed by atoms with van der Waals surface area (Å²) in [6.45, 7) is 1.26. The molecule has 1 saturated heterocycles. The van der Waals surface area contributed by atoms with E-state index in [9.17, 15) is 9.59 Å². The second-order valence-corrected chi connectivity index (χ2v) is 6.50. The van der Waals surface area contributed by atoms with Gasteiger partial charge in [0.15, 0.2) is 0 Å². The summed E-state index contributed by atoms with van der Waals surface area (Å²) in [7, 11) is 0. The Morgan fingerprint density at radius 1 is 1.00 bits per heavy atom. The highest BCUT2D eigenvalue weighted by atomic mass is 16.2. The number of likely N-dealkylation sites (tertiary alicyclic amines) is 1. The van der Waals surface area contributed by atoms with Crippen molar-refractivity contribution in [3.63, 3.8) is 0 Å². The van der Waals surface area contributed by atoms with Crippen molar-refractivity contribution in [1.82, 2.24) is 4.90 Å². The second kappa shape index (κ2) is 7.83. The van der Waals surface area contributed by atoms with Gasteiger partial charge in [-0.05, 0) is 55.0 Å². The first-order chi connectivity index (χ1) is 12.1. The van der Waals surface area contributed by atoms with Gasteiger partial charge >= 0.3 is 11.8 Å². The lowest BCUT2D eigenvalue weighted by Crippen LogP contribution is -2.44. The maximum absolute atomic E-state index is 12.3. The van der Waals surface area contributed by atoms with Gasteiger partial charge in [0.2, 0.25) is 0 Å². The van der Waals surface area contributed by atoms with Crippen LogP contribution in [-0.4, -0.2) is 29.8 Å². The van der Waals surface area contributed by atoms with Crippen LogP contribution in [-0.2, 0) is 16.0 Å². The van der Waals surface area contributed by atoms with Crippen molar-refractivity contribution < 1.29 is 9.59 Å². The molecule has 1 heterocycles. The molecule has 0 atom stereocenters. The Kier molecular flexibility index (Phi) is 5.33. The number of nitrogens with two attached hydrogens (primary N) is 1. The lowest BCUT2D eigenvalue weighted by Gasteiger charge is -2.31. The zero-order valence-electron chi connectivity index (χ0n) is 14.2. The third kappa shape index (κ3) is 4.59. The molecule has 0 aromatic heterocycles. The van der Waals surface area contributed by atoms with Crippen molar-refractivity contribution in [1.29, 1.82) is 0 Å². The minimum Gasteiger partial charge on any atom is -0.399 e. The number of carbonyl (C=O) groups excluding carboxylic acids is 2. The molecule has 130 valence electrons. The minimum atomic E-state index is -0.591. The van der Waals surface area contributed by atoms with Gasteiger partial charge in [-0.2, -0.15) is 0 Å². The Labute approximate surface area is 147 Å². The van der Waals surface area contributed by atoms with E-state index in [2.05, 4.69) is 29.6 Å². The van der Waals surface area contributed by atoms with Crippen LogP contribution in [0, 0.1) is 5.92 Å². The molecule has 1 aliphatic heterocycles. The average molecular weight is 337 g/mol. The number of rotatable bonds is 3.